The van der Waals surface area contributed by atoms with Crippen molar-refractivity contribution in [3.63, 3.8) is 0 Å². The molecule has 8 heteroatoms. The molecule has 1 heterocycles. The lowest BCUT2D eigenvalue weighted by atomic mass is 10.2. The number of benzene rings is 1. The van der Waals surface area contributed by atoms with Gasteiger partial charge in [-0.2, -0.15) is 0 Å². The molecule has 0 atom stereocenters. The smallest absolute Gasteiger partial charge is 0.191 e. The molecule has 2 rings (SSSR count). The van der Waals surface area contributed by atoms with Crippen molar-refractivity contribution in [2.75, 3.05) is 33.4 Å². The van der Waals surface area contributed by atoms with Gasteiger partial charge in [0.1, 0.15) is 10.9 Å². The summed E-state index contributed by atoms with van der Waals surface area (Å²) in [6.45, 7) is 5.54. The Bertz CT molecular complexity index is 729. The Morgan fingerprint density at radius 2 is 2.00 bits per heavy atom. The average molecular weight is 533 g/mol. The summed E-state index contributed by atoms with van der Waals surface area (Å²) in [5.74, 6) is 1.65. The standard InChI is InChI=1S/C21H29ClN4O2.HI/c1-3-23-21(24-11-10-17-8-9-20(22)25-15-17)26-16-18-6-4-7-19(14-18)28-13-5-12-27-2;/h4,6-9,14-15H,3,5,10-13,16H2,1-2H3,(H2,23,24,26);1H. The molecule has 0 saturated heterocycles. The normalized spacial score (nSPS) is 10.9. The molecule has 160 valence electrons. The zero-order valence-electron chi connectivity index (χ0n) is 17.0. The van der Waals surface area contributed by atoms with Crippen LogP contribution in [0.25, 0.3) is 0 Å². The zero-order valence-corrected chi connectivity index (χ0v) is 20.1. The second-order valence-electron chi connectivity index (χ2n) is 6.20. The summed E-state index contributed by atoms with van der Waals surface area (Å²) >= 11 is 5.82. The molecule has 0 fully saturated rings. The highest BCUT2D eigenvalue weighted by molar-refractivity contribution is 14.0. The number of aliphatic imine (C=N–C) groups is 1. The number of nitrogens with zero attached hydrogens (tertiary/aromatic N) is 2. The second-order valence-corrected chi connectivity index (χ2v) is 6.59. The largest absolute Gasteiger partial charge is 0.493 e. The van der Waals surface area contributed by atoms with Gasteiger partial charge in [0, 0.05) is 39.4 Å². The van der Waals surface area contributed by atoms with Gasteiger partial charge in [-0.3, -0.25) is 0 Å². The quantitative estimate of drug-likeness (QED) is 0.150. The average Bonchev–Trinajstić information content (AvgIpc) is 2.71. The van der Waals surface area contributed by atoms with Gasteiger partial charge in [-0.05, 0) is 42.7 Å². The number of rotatable bonds is 11. The van der Waals surface area contributed by atoms with Crippen LogP contribution in [0.4, 0.5) is 0 Å². The fourth-order valence-electron chi connectivity index (χ4n) is 2.52. The predicted octanol–water partition coefficient (Wildman–Crippen LogP) is 4.07. The van der Waals surface area contributed by atoms with E-state index in [-0.39, 0.29) is 24.0 Å². The summed E-state index contributed by atoms with van der Waals surface area (Å²) in [6.07, 6.45) is 3.52. The molecular formula is C21H30ClIN4O2. The van der Waals surface area contributed by atoms with Crippen molar-refractivity contribution in [3.8, 4) is 5.75 Å². The number of nitrogens with one attached hydrogen (secondary N) is 2. The highest BCUT2D eigenvalue weighted by atomic mass is 127. The van der Waals surface area contributed by atoms with Crippen LogP contribution in [0.3, 0.4) is 0 Å². The number of hydrogen-bond donors (Lipinski definition) is 2. The van der Waals surface area contributed by atoms with Crippen molar-refractivity contribution in [1.82, 2.24) is 15.6 Å². The van der Waals surface area contributed by atoms with Gasteiger partial charge >= 0.3 is 0 Å². The van der Waals surface area contributed by atoms with Gasteiger partial charge in [-0.15, -0.1) is 24.0 Å². The van der Waals surface area contributed by atoms with Crippen LogP contribution in [-0.2, 0) is 17.7 Å². The fourth-order valence-corrected chi connectivity index (χ4v) is 2.63. The molecule has 29 heavy (non-hydrogen) atoms. The van der Waals surface area contributed by atoms with Crippen molar-refractivity contribution in [2.45, 2.75) is 26.3 Å². The van der Waals surface area contributed by atoms with Crippen LogP contribution in [0.2, 0.25) is 5.15 Å². The lowest BCUT2D eigenvalue weighted by Crippen LogP contribution is -2.38. The number of hydrogen-bond acceptors (Lipinski definition) is 4. The van der Waals surface area contributed by atoms with E-state index in [0.717, 1.165) is 48.8 Å². The van der Waals surface area contributed by atoms with E-state index in [1.165, 1.54) is 0 Å². The van der Waals surface area contributed by atoms with Crippen molar-refractivity contribution in [1.29, 1.82) is 0 Å². The summed E-state index contributed by atoms with van der Waals surface area (Å²) in [4.78, 5) is 8.76. The van der Waals surface area contributed by atoms with Crippen LogP contribution >= 0.6 is 35.6 Å². The summed E-state index contributed by atoms with van der Waals surface area (Å²) in [7, 11) is 1.70. The molecule has 0 bridgehead atoms. The minimum Gasteiger partial charge on any atom is -0.493 e. The van der Waals surface area contributed by atoms with E-state index in [4.69, 9.17) is 21.1 Å². The first-order chi connectivity index (χ1) is 13.7. The molecule has 2 aromatic rings. The van der Waals surface area contributed by atoms with E-state index in [0.29, 0.717) is 24.9 Å². The number of aromatic nitrogens is 1. The number of methoxy groups -OCH3 is 1. The molecule has 1 aromatic carbocycles. The highest BCUT2D eigenvalue weighted by Gasteiger charge is 2.01. The van der Waals surface area contributed by atoms with Crippen LogP contribution in [0, 0.1) is 0 Å². The first kappa shape index (κ1) is 25.5. The van der Waals surface area contributed by atoms with Gasteiger partial charge in [0.25, 0.3) is 0 Å². The van der Waals surface area contributed by atoms with E-state index >= 15 is 0 Å². The van der Waals surface area contributed by atoms with Crippen LogP contribution in [0.15, 0.2) is 47.6 Å². The molecule has 0 aliphatic carbocycles. The van der Waals surface area contributed by atoms with Crippen molar-refractivity contribution in [3.05, 3.63) is 58.9 Å². The molecule has 1 aromatic heterocycles. The third-order valence-electron chi connectivity index (χ3n) is 3.92. The van der Waals surface area contributed by atoms with E-state index in [1.54, 1.807) is 19.4 Å². The summed E-state index contributed by atoms with van der Waals surface area (Å²) in [5.41, 5.74) is 2.23. The number of guanidine groups is 1. The summed E-state index contributed by atoms with van der Waals surface area (Å²) in [6, 6.07) is 11.8. The Labute approximate surface area is 195 Å². The first-order valence-electron chi connectivity index (χ1n) is 9.54. The lowest BCUT2D eigenvalue weighted by Gasteiger charge is -2.12. The first-order valence-corrected chi connectivity index (χ1v) is 9.92. The van der Waals surface area contributed by atoms with Crippen molar-refractivity contribution >= 4 is 41.5 Å². The maximum absolute atomic E-state index is 5.82. The fraction of sp³-hybridized carbons (Fsp3) is 0.429. The van der Waals surface area contributed by atoms with Crippen LogP contribution < -0.4 is 15.4 Å². The molecule has 0 unspecified atom stereocenters. The third-order valence-corrected chi connectivity index (χ3v) is 4.14. The monoisotopic (exact) mass is 532 g/mol. The Kier molecular flexibility index (Phi) is 13.4. The molecule has 0 spiro atoms. The predicted molar refractivity (Wildman–Crippen MR) is 130 cm³/mol. The topological polar surface area (TPSA) is 67.8 Å². The van der Waals surface area contributed by atoms with Crippen molar-refractivity contribution in [2.24, 2.45) is 4.99 Å². The Morgan fingerprint density at radius 1 is 1.14 bits per heavy atom. The van der Waals surface area contributed by atoms with Gasteiger partial charge < -0.3 is 20.1 Å². The third kappa shape index (κ3) is 10.7. The molecule has 6 nitrogen and oxygen atoms in total. The number of pyridine rings is 1. The van der Waals surface area contributed by atoms with E-state index in [9.17, 15) is 0 Å². The summed E-state index contributed by atoms with van der Waals surface area (Å²) < 4.78 is 10.8. The number of ether oxygens (including phenoxy) is 2. The molecule has 0 amide bonds. The highest BCUT2D eigenvalue weighted by Crippen LogP contribution is 2.14. The molecule has 2 N–H and O–H groups in total. The minimum atomic E-state index is 0. The maximum atomic E-state index is 5.82. The molecule has 0 saturated carbocycles. The van der Waals surface area contributed by atoms with Gasteiger partial charge in [0.15, 0.2) is 5.96 Å². The van der Waals surface area contributed by atoms with Gasteiger partial charge in [-0.1, -0.05) is 29.8 Å². The van der Waals surface area contributed by atoms with E-state index in [2.05, 4.69) is 33.6 Å². The molecule has 0 radical (unpaired) electrons. The maximum Gasteiger partial charge on any atom is 0.191 e. The molecular weight excluding hydrogens is 503 g/mol. The van der Waals surface area contributed by atoms with Crippen LogP contribution in [0.5, 0.6) is 5.75 Å². The van der Waals surface area contributed by atoms with E-state index in [1.807, 2.05) is 24.3 Å². The second kappa shape index (κ2) is 15.3. The Hall–Kier alpha value is -1.58. The van der Waals surface area contributed by atoms with Crippen molar-refractivity contribution < 1.29 is 9.47 Å². The molecule has 0 aliphatic rings. The van der Waals surface area contributed by atoms with Crippen LogP contribution in [-0.4, -0.2) is 44.4 Å². The Morgan fingerprint density at radius 3 is 2.72 bits per heavy atom. The molecule has 0 aliphatic heterocycles. The number of halogens is 2. The summed E-state index contributed by atoms with van der Waals surface area (Å²) in [5, 5.41) is 7.13. The minimum absolute atomic E-state index is 0. The van der Waals surface area contributed by atoms with Gasteiger partial charge in [-0.25, -0.2) is 9.98 Å². The Balaban J connectivity index is 0.00000420. The van der Waals surface area contributed by atoms with Gasteiger partial charge in [0.05, 0.1) is 13.2 Å². The van der Waals surface area contributed by atoms with Gasteiger partial charge in [0.2, 0.25) is 0 Å². The lowest BCUT2D eigenvalue weighted by molar-refractivity contribution is 0.172. The SMILES string of the molecule is CCNC(=NCc1cccc(OCCCOC)c1)NCCc1ccc(Cl)nc1.I. The van der Waals surface area contributed by atoms with E-state index < -0.39 is 0 Å². The zero-order chi connectivity index (χ0) is 20.0. The van der Waals surface area contributed by atoms with Crippen LogP contribution in [0.1, 0.15) is 24.5 Å².